The standard InChI is InChI=1S/C27H30N2O4S/c1-2-34-29-21-14-20(27(32)33-17-12-11-15-7-3-4-8-16(15)13-17)24(28)23-22(21)25(30)18-9-5-6-10-19(18)26(23)31/h5-6,9-10,14-17,29H,2-4,7-8,11-13,28H2,1H3/t15-,16?,17+/m0/s1. The van der Waals surface area contributed by atoms with E-state index in [1.54, 1.807) is 30.3 Å². The number of esters is 1. The third kappa shape index (κ3) is 4.00. The first-order valence-corrected chi connectivity index (χ1v) is 13.2. The maximum Gasteiger partial charge on any atom is 0.340 e. The Morgan fingerprint density at radius 2 is 1.71 bits per heavy atom. The van der Waals surface area contributed by atoms with E-state index < -0.39 is 5.97 Å². The molecule has 2 aromatic carbocycles. The van der Waals surface area contributed by atoms with Gasteiger partial charge in [-0.2, -0.15) is 0 Å². The molecule has 3 atom stereocenters. The number of nitrogens with one attached hydrogen (secondary N) is 1. The average Bonchev–Trinajstić information content (AvgIpc) is 2.86. The van der Waals surface area contributed by atoms with Gasteiger partial charge in [-0.05, 0) is 37.2 Å². The third-order valence-electron chi connectivity index (χ3n) is 7.55. The Balaban J connectivity index is 1.49. The number of ether oxygens (including phenoxy) is 1. The van der Waals surface area contributed by atoms with Crippen LogP contribution in [-0.4, -0.2) is 29.4 Å². The molecule has 2 aromatic rings. The van der Waals surface area contributed by atoms with E-state index in [-0.39, 0.29) is 40.0 Å². The molecule has 0 saturated heterocycles. The number of benzene rings is 2. The fourth-order valence-electron chi connectivity index (χ4n) is 5.87. The summed E-state index contributed by atoms with van der Waals surface area (Å²) >= 11 is 1.39. The lowest BCUT2D eigenvalue weighted by molar-refractivity contribution is -0.000833. The lowest BCUT2D eigenvalue weighted by atomic mass is 9.70. The minimum atomic E-state index is -0.525. The van der Waals surface area contributed by atoms with Crippen LogP contribution in [0.15, 0.2) is 30.3 Å². The number of carbonyl (C=O) groups is 3. The molecule has 0 heterocycles. The van der Waals surface area contributed by atoms with Gasteiger partial charge in [-0.3, -0.25) is 9.59 Å². The molecule has 3 aliphatic rings. The van der Waals surface area contributed by atoms with Gasteiger partial charge in [-0.25, -0.2) is 4.79 Å². The molecule has 0 radical (unpaired) electrons. The highest BCUT2D eigenvalue weighted by Gasteiger charge is 2.37. The molecule has 0 aliphatic heterocycles. The average molecular weight is 479 g/mol. The summed E-state index contributed by atoms with van der Waals surface area (Å²) in [7, 11) is 0. The van der Waals surface area contributed by atoms with Crippen LogP contribution >= 0.6 is 11.9 Å². The van der Waals surface area contributed by atoms with Gasteiger partial charge in [0.1, 0.15) is 6.10 Å². The van der Waals surface area contributed by atoms with E-state index in [0.717, 1.165) is 30.9 Å². The predicted octanol–water partition coefficient (Wildman–Crippen LogP) is 5.64. The minimum absolute atomic E-state index is 0.0197. The van der Waals surface area contributed by atoms with Crippen LogP contribution in [0.5, 0.6) is 0 Å². The number of hydrogen-bond donors (Lipinski definition) is 2. The number of nitrogens with two attached hydrogens (primary N) is 1. The Kier molecular flexibility index (Phi) is 6.38. The molecular weight excluding hydrogens is 448 g/mol. The van der Waals surface area contributed by atoms with E-state index >= 15 is 0 Å². The number of ketones is 2. The number of anilines is 2. The molecule has 2 saturated carbocycles. The third-order valence-corrected chi connectivity index (χ3v) is 8.20. The summed E-state index contributed by atoms with van der Waals surface area (Å²) in [5, 5.41) is 0. The summed E-state index contributed by atoms with van der Waals surface area (Å²) in [6.45, 7) is 1.97. The van der Waals surface area contributed by atoms with Gasteiger partial charge in [0, 0.05) is 16.9 Å². The van der Waals surface area contributed by atoms with Crippen molar-refractivity contribution in [3.05, 3.63) is 58.1 Å². The van der Waals surface area contributed by atoms with Gasteiger partial charge < -0.3 is 15.2 Å². The molecule has 1 unspecified atom stereocenters. The normalized spacial score (nSPS) is 23.5. The summed E-state index contributed by atoms with van der Waals surface area (Å²) in [5.41, 5.74) is 7.97. The van der Waals surface area contributed by atoms with Crippen molar-refractivity contribution >= 4 is 40.9 Å². The maximum atomic E-state index is 13.4. The second kappa shape index (κ2) is 9.45. The smallest absolute Gasteiger partial charge is 0.340 e. The van der Waals surface area contributed by atoms with Gasteiger partial charge in [0.15, 0.2) is 11.6 Å². The Morgan fingerprint density at radius 1 is 1.03 bits per heavy atom. The Morgan fingerprint density at radius 3 is 2.41 bits per heavy atom. The van der Waals surface area contributed by atoms with Gasteiger partial charge in [0.25, 0.3) is 0 Å². The second-order valence-electron chi connectivity index (χ2n) is 9.52. The lowest BCUT2D eigenvalue weighted by Gasteiger charge is -2.38. The quantitative estimate of drug-likeness (QED) is 0.278. The van der Waals surface area contributed by atoms with Crippen molar-refractivity contribution in [1.82, 2.24) is 0 Å². The first kappa shape index (κ1) is 23.0. The van der Waals surface area contributed by atoms with Crippen molar-refractivity contribution in [1.29, 1.82) is 0 Å². The van der Waals surface area contributed by atoms with Gasteiger partial charge >= 0.3 is 5.97 Å². The van der Waals surface area contributed by atoms with Crippen molar-refractivity contribution in [2.75, 3.05) is 16.2 Å². The number of hydrogen-bond acceptors (Lipinski definition) is 7. The number of fused-ring (bicyclic) bond motifs is 3. The van der Waals surface area contributed by atoms with E-state index in [4.69, 9.17) is 10.5 Å². The number of nitrogen functional groups attached to an aromatic ring is 1. The number of carbonyl (C=O) groups excluding carboxylic acids is 3. The summed E-state index contributed by atoms with van der Waals surface area (Å²) < 4.78 is 9.09. The fourth-order valence-corrected chi connectivity index (χ4v) is 6.33. The van der Waals surface area contributed by atoms with Crippen molar-refractivity contribution < 1.29 is 19.1 Å². The zero-order valence-corrected chi connectivity index (χ0v) is 20.2. The largest absolute Gasteiger partial charge is 0.459 e. The zero-order valence-electron chi connectivity index (χ0n) is 19.4. The van der Waals surface area contributed by atoms with Gasteiger partial charge in [-0.1, -0.05) is 68.8 Å². The molecule has 3 aliphatic carbocycles. The monoisotopic (exact) mass is 478 g/mol. The second-order valence-corrected chi connectivity index (χ2v) is 10.6. The highest BCUT2D eigenvalue weighted by molar-refractivity contribution is 8.00. The molecule has 5 rings (SSSR count). The Hall–Kier alpha value is -2.80. The van der Waals surface area contributed by atoms with Crippen LogP contribution in [0.4, 0.5) is 11.4 Å². The van der Waals surface area contributed by atoms with Crippen LogP contribution in [0.3, 0.4) is 0 Å². The predicted molar refractivity (Wildman–Crippen MR) is 134 cm³/mol. The van der Waals surface area contributed by atoms with E-state index in [9.17, 15) is 14.4 Å². The molecule has 0 amide bonds. The maximum absolute atomic E-state index is 13.4. The van der Waals surface area contributed by atoms with E-state index in [2.05, 4.69) is 4.72 Å². The number of rotatable bonds is 5. The highest BCUT2D eigenvalue weighted by Crippen LogP contribution is 2.42. The molecule has 0 bridgehead atoms. The zero-order chi connectivity index (χ0) is 23.8. The molecule has 34 heavy (non-hydrogen) atoms. The molecule has 3 N–H and O–H groups in total. The van der Waals surface area contributed by atoms with Crippen LogP contribution in [-0.2, 0) is 4.74 Å². The Labute approximate surface area is 204 Å². The van der Waals surface area contributed by atoms with Crippen molar-refractivity contribution in [3.8, 4) is 0 Å². The van der Waals surface area contributed by atoms with Gasteiger partial charge in [0.2, 0.25) is 0 Å². The van der Waals surface area contributed by atoms with Gasteiger partial charge in [-0.15, -0.1) is 0 Å². The molecule has 0 spiro atoms. The van der Waals surface area contributed by atoms with Crippen molar-refractivity contribution in [2.45, 2.75) is 58.0 Å². The topological polar surface area (TPSA) is 98.5 Å². The fraction of sp³-hybridized carbons (Fsp3) is 0.444. The summed E-state index contributed by atoms with van der Waals surface area (Å²) in [6, 6.07) is 8.30. The summed E-state index contributed by atoms with van der Waals surface area (Å²) in [6.07, 6.45) is 7.75. The highest BCUT2D eigenvalue weighted by atomic mass is 32.2. The lowest BCUT2D eigenvalue weighted by Crippen LogP contribution is -2.33. The minimum Gasteiger partial charge on any atom is -0.459 e. The molecular formula is C27H30N2O4S. The van der Waals surface area contributed by atoms with E-state index in [0.29, 0.717) is 22.7 Å². The van der Waals surface area contributed by atoms with Crippen LogP contribution in [0.1, 0.15) is 94.1 Å². The summed E-state index contributed by atoms with van der Waals surface area (Å²) in [5.74, 6) is 0.972. The molecule has 178 valence electrons. The Bertz CT molecular complexity index is 1160. The van der Waals surface area contributed by atoms with Crippen molar-refractivity contribution in [3.63, 3.8) is 0 Å². The van der Waals surface area contributed by atoms with Crippen molar-refractivity contribution in [2.24, 2.45) is 11.8 Å². The molecule has 0 aromatic heterocycles. The molecule has 7 heteroatoms. The summed E-state index contributed by atoms with van der Waals surface area (Å²) in [4.78, 5) is 40.1. The van der Waals surface area contributed by atoms with Crippen LogP contribution in [0.2, 0.25) is 0 Å². The van der Waals surface area contributed by atoms with Crippen LogP contribution in [0, 0.1) is 11.8 Å². The first-order chi connectivity index (χ1) is 16.5. The van der Waals surface area contributed by atoms with E-state index in [1.165, 1.54) is 37.6 Å². The molecule has 6 nitrogen and oxygen atoms in total. The van der Waals surface area contributed by atoms with E-state index in [1.807, 2.05) is 6.92 Å². The van der Waals surface area contributed by atoms with Crippen LogP contribution in [0.25, 0.3) is 0 Å². The van der Waals surface area contributed by atoms with Crippen LogP contribution < -0.4 is 10.5 Å². The van der Waals surface area contributed by atoms with Gasteiger partial charge in [0.05, 0.1) is 28.1 Å². The molecule has 2 fully saturated rings. The first-order valence-electron chi connectivity index (χ1n) is 12.2. The SMILES string of the molecule is CCSNc1cc(C(=O)O[C@@H]2CC[C@@H]3CCCCC3C2)c(N)c2c1C(=O)c1ccccc1C2=O.